The highest BCUT2D eigenvalue weighted by Gasteiger charge is 2.16. The van der Waals surface area contributed by atoms with Crippen LogP contribution in [0.25, 0.3) is 5.82 Å². The molecule has 0 atom stereocenters. The van der Waals surface area contributed by atoms with Crippen LogP contribution in [0.1, 0.15) is 6.92 Å². The Kier molecular flexibility index (Phi) is 3.30. The smallest absolute Gasteiger partial charge is 0.251 e. The minimum absolute atomic E-state index is 0.0707. The van der Waals surface area contributed by atoms with Crippen molar-refractivity contribution in [2.24, 2.45) is 0 Å². The largest absolute Gasteiger partial charge is 0.321 e. The van der Waals surface area contributed by atoms with Crippen molar-refractivity contribution in [3.05, 3.63) is 48.2 Å². The van der Waals surface area contributed by atoms with Crippen molar-refractivity contribution in [1.29, 1.82) is 0 Å². The number of amides is 1. The Balaban J connectivity index is 1.71. The van der Waals surface area contributed by atoms with Crippen molar-refractivity contribution < 1.29 is 4.79 Å². The summed E-state index contributed by atoms with van der Waals surface area (Å²) in [5.74, 6) is 0.692. The maximum absolute atomic E-state index is 12.0. The zero-order valence-corrected chi connectivity index (χ0v) is 11.1. The summed E-state index contributed by atoms with van der Waals surface area (Å²) < 4.78 is 1.80. The lowest BCUT2D eigenvalue weighted by molar-refractivity contribution is -0.112. The summed E-state index contributed by atoms with van der Waals surface area (Å²) in [5.41, 5.74) is 2.62. The summed E-state index contributed by atoms with van der Waals surface area (Å²) in [5, 5.41) is 5.98. The van der Waals surface area contributed by atoms with Gasteiger partial charge in [-0.2, -0.15) is 0 Å². The molecule has 0 bridgehead atoms. The molecule has 0 aromatic carbocycles. The molecule has 6 nitrogen and oxygen atoms in total. The number of hydrogen-bond acceptors (Lipinski definition) is 4. The number of nitrogens with zero attached hydrogens (tertiary/aromatic N) is 3. The standard InChI is InChI=1S/C14H15N5O/c1-10(11-6-16-7-11)14(20)18-12-2-3-13(17-8-12)19-5-4-15-9-19/h2-5,8-9,16H,6-7H2,1H3,(H,18,20). The van der Waals surface area contributed by atoms with Crippen molar-refractivity contribution in [2.45, 2.75) is 6.92 Å². The fourth-order valence-corrected chi connectivity index (χ4v) is 1.91. The fourth-order valence-electron chi connectivity index (χ4n) is 1.91. The minimum Gasteiger partial charge on any atom is -0.321 e. The van der Waals surface area contributed by atoms with Crippen LogP contribution in [0.15, 0.2) is 48.2 Å². The van der Waals surface area contributed by atoms with Gasteiger partial charge in [0, 0.05) is 31.1 Å². The monoisotopic (exact) mass is 269 g/mol. The minimum atomic E-state index is -0.0707. The summed E-state index contributed by atoms with van der Waals surface area (Å²) in [6.45, 7) is 3.45. The van der Waals surface area contributed by atoms with Crippen LogP contribution in [-0.2, 0) is 4.79 Å². The Morgan fingerprint density at radius 2 is 2.25 bits per heavy atom. The molecule has 0 spiro atoms. The van der Waals surface area contributed by atoms with Crippen LogP contribution >= 0.6 is 0 Å². The molecule has 1 aliphatic rings. The Morgan fingerprint density at radius 3 is 2.80 bits per heavy atom. The van der Waals surface area contributed by atoms with Gasteiger partial charge in [0.15, 0.2) is 0 Å². The Bertz CT molecular complexity index is 637. The van der Waals surface area contributed by atoms with E-state index in [1.54, 1.807) is 23.3 Å². The molecule has 0 radical (unpaired) electrons. The van der Waals surface area contributed by atoms with Gasteiger partial charge in [-0.3, -0.25) is 9.36 Å². The summed E-state index contributed by atoms with van der Waals surface area (Å²) in [6, 6.07) is 3.67. The Hall–Kier alpha value is -2.47. The third-order valence-electron chi connectivity index (χ3n) is 3.32. The zero-order chi connectivity index (χ0) is 13.9. The van der Waals surface area contributed by atoms with Gasteiger partial charge in [-0.15, -0.1) is 0 Å². The fraction of sp³-hybridized carbons (Fsp3) is 0.214. The molecule has 1 amide bonds. The third-order valence-corrected chi connectivity index (χ3v) is 3.32. The van der Waals surface area contributed by atoms with Crippen LogP contribution < -0.4 is 10.6 Å². The van der Waals surface area contributed by atoms with Crippen LogP contribution in [0.3, 0.4) is 0 Å². The first-order valence-electron chi connectivity index (χ1n) is 6.39. The molecule has 0 saturated carbocycles. The molecule has 102 valence electrons. The van der Waals surface area contributed by atoms with Crippen molar-refractivity contribution in [3.63, 3.8) is 0 Å². The van der Waals surface area contributed by atoms with Gasteiger partial charge in [0.05, 0.1) is 11.9 Å². The van der Waals surface area contributed by atoms with Crippen LogP contribution in [-0.4, -0.2) is 33.5 Å². The molecule has 3 rings (SSSR count). The second-order valence-electron chi connectivity index (χ2n) is 4.66. The molecule has 2 aromatic rings. The van der Waals surface area contributed by atoms with E-state index in [0.717, 1.165) is 30.1 Å². The number of hydrogen-bond donors (Lipinski definition) is 2. The van der Waals surface area contributed by atoms with Crippen molar-refractivity contribution in [3.8, 4) is 5.82 Å². The van der Waals surface area contributed by atoms with E-state index in [1.807, 2.05) is 25.3 Å². The third kappa shape index (κ3) is 2.46. The molecule has 0 unspecified atom stereocenters. The Labute approximate surface area is 116 Å². The highest BCUT2D eigenvalue weighted by atomic mass is 16.1. The van der Waals surface area contributed by atoms with Crippen molar-refractivity contribution in [1.82, 2.24) is 19.9 Å². The number of anilines is 1. The average molecular weight is 269 g/mol. The van der Waals surface area contributed by atoms with Crippen molar-refractivity contribution >= 4 is 11.6 Å². The molecule has 20 heavy (non-hydrogen) atoms. The average Bonchev–Trinajstić information content (AvgIpc) is 2.91. The van der Waals surface area contributed by atoms with Crippen molar-refractivity contribution in [2.75, 3.05) is 18.4 Å². The topological polar surface area (TPSA) is 71.8 Å². The maximum atomic E-state index is 12.0. The van der Waals surface area contributed by atoms with Crippen LogP contribution in [0.5, 0.6) is 0 Å². The molecule has 1 fully saturated rings. The highest BCUT2D eigenvalue weighted by Crippen LogP contribution is 2.13. The Morgan fingerprint density at radius 1 is 1.40 bits per heavy atom. The van der Waals surface area contributed by atoms with Gasteiger partial charge in [0.1, 0.15) is 12.1 Å². The number of aromatic nitrogens is 3. The maximum Gasteiger partial charge on any atom is 0.251 e. The van der Waals surface area contributed by atoms with Crippen LogP contribution in [0.4, 0.5) is 5.69 Å². The molecule has 2 N–H and O–H groups in total. The van der Waals surface area contributed by atoms with Gasteiger partial charge < -0.3 is 10.6 Å². The van der Waals surface area contributed by atoms with Gasteiger partial charge in [-0.05, 0) is 24.6 Å². The van der Waals surface area contributed by atoms with E-state index in [-0.39, 0.29) is 5.91 Å². The molecule has 2 aromatic heterocycles. The first kappa shape index (κ1) is 12.6. The molecule has 6 heteroatoms. The number of carbonyl (C=O) groups excluding carboxylic acids is 1. The number of pyridine rings is 1. The summed E-state index contributed by atoms with van der Waals surface area (Å²) >= 11 is 0. The molecule has 3 heterocycles. The molecular formula is C14H15N5O. The van der Waals surface area contributed by atoms with Gasteiger partial charge in [-0.1, -0.05) is 0 Å². The number of imidazole rings is 1. The number of carbonyl (C=O) groups is 1. The van der Waals surface area contributed by atoms with E-state index in [4.69, 9.17) is 0 Å². The SMILES string of the molecule is CC(C(=O)Nc1ccc(-n2ccnc2)nc1)=C1CNC1. The zero-order valence-electron chi connectivity index (χ0n) is 11.1. The summed E-state index contributed by atoms with van der Waals surface area (Å²) in [4.78, 5) is 20.3. The van der Waals surface area contributed by atoms with Gasteiger partial charge in [0.2, 0.25) is 0 Å². The van der Waals surface area contributed by atoms with Gasteiger partial charge in [-0.25, -0.2) is 9.97 Å². The lowest BCUT2D eigenvalue weighted by Gasteiger charge is -2.21. The van der Waals surface area contributed by atoms with Gasteiger partial charge in [0.25, 0.3) is 5.91 Å². The van der Waals surface area contributed by atoms with E-state index in [2.05, 4.69) is 20.6 Å². The second-order valence-corrected chi connectivity index (χ2v) is 4.66. The molecule has 0 aliphatic carbocycles. The molecule has 1 aliphatic heterocycles. The molecular weight excluding hydrogens is 254 g/mol. The van der Waals surface area contributed by atoms with E-state index >= 15 is 0 Å². The molecule has 1 saturated heterocycles. The first-order chi connectivity index (χ1) is 9.74. The van der Waals surface area contributed by atoms with E-state index in [1.165, 1.54) is 0 Å². The summed E-state index contributed by atoms with van der Waals surface area (Å²) in [6.07, 6.45) is 6.83. The predicted molar refractivity (Wildman–Crippen MR) is 75.6 cm³/mol. The van der Waals surface area contributed by atoms with E-state index < -0.39 is 0 Å². The van der Waals surface area contributed by atoms with E-state index in [0.29, 0.717) is 5.69 Å². The second kappa shape index (κ2) is 5.26. The normalized spacial score (nSPS) is 13.8. The van der Waals surface area contributed by atoms with Crippen LogP contribution in [0, 0.1) is 0 Å². The quantitative estimate of drug-likeness (QED) is 0.819. The lowest BCUT2D eigenvalue weighted by Crippen LogP contribution is -2.36. The van der Waals surface area contributed by atoms with Crippen LogP contribution in [0.2, 0.25) is 0 Å². The van der Waals surface area contributed by atoms with Gasteiger partial charge >= 0.3 is 0 Å². The highest BCUT2D eigenvalue weighted by molar-refractivity contribution is 6.04. The lowest BCUT2D eigenvalue weighted by atomic mass is 10.0. The summed E-state index contributed by atoms with van der Waals surface area (Å²) in [7, 11) is 0. The number of rotatable bonds is 3. The first-order valence-corrected chi connectivity index (χ1v) is 6.39. The number of nitrogens with one attached hydrogen (secondary N) is 2. The van der Waals surface area contributed by atoms with E-state index in [9.17, 15) is 4.79 Å². The predicted octanol–water partition coefficient (Wildman–Crippen LogP) is 1.13.